The molecule has 1 fully saturated rings. The predicted molar refractivity (Wildman–Crippen MR) is 112 cm³/mol. The third kappa shape index (κ3) is 4.19. The van der Waals surface area contributed by atoms with Gasteiger partial charge >= 0.3 is 0 Å². The molecule has 150 valence electrons. The van der Waals surface area contributed by atoms with Gasteiger partial charge in [0.05, 0.1) is 17.2 Å². The molecule has 1 amide bonds. The summed E-state index contributed by atoms with van der Waals surface area (Å²) < 4.78 is 0. The van der Waals surface area contributed by atoms with Gasteiger partial charge in [0.2, 0.25) is 5.95 Å². The molecular weight excluding hydrogens is 366 g/mol. The third-order valence-electron chi connectivity index (χ3n) is 5.23. The highest BCUT2D eigenvalue weighted by molar-refractivity contribution is 5.94. The quantitative estimate of drug-likeness (QED) is 0.694. The number of hydrogen-bond donors (Lipinski definition) is 2. The van der Waals surface area contributed by atoms with Gasteiger partial charge in [0.1, 0.15) is 0 Å². The number of hydrogen-bond acceptors (Lipinski definition) is 6. The van der Waals surface area contributed by atoms with Gasteiger partial charge in [0, 0.05) is 49.0 Å². The first-order chi connectivity index (χ1) is 14.0. The largest absolute Gasteiger partial charge is 0.391 e. The number of aromatic nitrogens is 3. The Morgan fingerprint density at radius 3 is 2.69 bits per heavy atom. The van der Waals surface area contributed by atoms with Crippen LogP contribution in [0.3, 0.4) is 0 Å². The van der Waals surface area contributed by atoms with Crippen molar-refractivity contribution in [3.05, 3.63) is 60.0 Å². The Morgan fingerprint density at radius 2 is 1.93 bits per heavy atom. The molecule has 7 nitrogen and oxygen atoms in total. The standard InChI is InChI=1S/C22H25N5O2/c1-14(2)26-22-24-10-17(11-25-22)21(29)27-12-16(20(28)13-27)9-15-7-8-23-19-6-4-3-5-18(15)19/h3-8,10-11,14,16,20,28H,9,12-13H2,1-2H3,(H,24,25,26). The summed E-state index contributed by atoms with van der Waals surface area (Å²) >= 11 is 0. The lowest BCUT2D eigenvalue weighted by Crippen LogP contribution is -2.30. The Morgan fingerprint density at radius 1 is 1.17 bits per heavy atom. The monoisotopic (exact) mass is 391 g/mol. The predicted octanol–water partition coefficient (Wildman–Crippen LogP) is 2.52. The molecule has 7 heteroatoms. The molecule has 1 aliphatic heterocycles. The molecule has 3 aromatic rings. The van der Waals surface area contributed by atoms with Crippen molar-refractivity contribution >= 4 is 22.8 Å². The van der Waals surface area contributed by atoms with Crippen LogP contribution in [-0.4, -0.2) is 56.1 Å². The van der Waals surface area contributed by atoms with E-state index in [4.69, 9.17) is 0 Å². The number of aliphatic hydroxyl groups is 1. The van der Waals surface area contributed by atoms with E-state index in [1.807, 2.05) is 44.2 Å². The molecule has 0 aliphatic carbocycles. The summed E-state index contributed by atoms with van der Waals surface area (Å²) in [5.74, 6) is 0.329. The molecule has 0 radical (unpaired) electrons. The number of carbonyl (C=O) groups is 1. The van der Waals surface area contributed by atoms with Crippen LogP contribution >= 0.6 is 0 Å². The van der Waals surface area contributed by atoms with Crippen molar-refractivity contribution in [2.24, 2.45) is 5.92 Å². The Hall–Kier alpha value is -3.06. The zero-order chi connectivity index (χ0) is 20.4. The fourth-order valence-corrected chi connectivity index (χ4v) is 3.79. The van der Waals surface area contributed by atoms with Crippen LogP contribution in [0.2, 0.25) is 0 Å². The van der Waals surface area contributed by atoms with Crippen LogP contribution in [0.4, 0.5) is 5.95 Å². The van der Waals surface area contributed by atoms with E-state index in [-0.39, 0.29) is 17.9 Å². The second-order valence-corrected chi connectivity index (χ2v) is 7.82. The summed E-state index contributed by atoms with van der Waals surface area (Å²) in [5, 5.41) is 14.8. The van der Waals surface area contributed by atoms with Crippen LogP contribution in [0.1, 0.15) is 29.8 Å². The number of likely N-dealkylation sites (tertiary alicyclic amines) is 1. The highest BCUT2D eigenvalue weighted by Crippen LogP contribution is 2.26. The fraction of sp³-hybridized carbons (Fsp3) is 0.364. The molecule has 0 spiro atoms. The lowest BCUT2D eigenvalue weighted by Gasteiger charge is -2.17. The van der Waals surface area contributed by atoms with E-state index in [0.717, 1.165) is 16.5 Å². The number of β-amino-alcohol motifs (C(OH)–C–C–N with tert-alkyl or cyclic N) is 1. The number of nitrogens with zero attached hydrogens (tertiary/aromatic N) is 4. The Balaban J connectivity index is 1.46. The summed E-state index contributed by atoms with van der Waals surface area (Å²) in [7, 11) is 0. The molecule has 1 saturated heterocycles. The van der Waals surface area contributed by atoms with Crippen LogP contribution in [0, 0.1) is 5.92 Å². The number of rotatable bonds is 5. The molecular formula is C22H25N5O2. The minimum Gasteiger partial charge on any atom is -0.391 e. The SMILES string of the molecule is CC(C)Nc1ncc(C(=O)N2CC(O)C(Cc3ccnc4ccccc34)C2)cn1. The summed E-state index contributed by atoms with van der Waals surface area (Å²) in [6, 6.07) is 10.2. The maximum absolute atomic E-state index is 12.8. The summed E-state index contributed by atoms with van der Waals surface area (Å²) in [5.41, 5.74) is 2.51. The number of amides is 1. The van der Waals surface area contributed by atoms with E-state index in [0.29, 0.717) is 31.0 Å². The Labute approximate surface area is 169 Å². The van der Waals surface area contributed by atoms with E-state index in [1.165, 1.54) is 12.4 Å². The van der Waals surface area contributed by atoms with Gasteiger partial charge in [-0.2, -0.15) is 0 Å². The smallest absolute Gasteiger partial charge is 0.257 e. The van der Waals surface area contributed by atoms with Gasteiger partial charge in [-0.3, -0.25) is 9.78 Å². The Kier molecular flexibility index (Phi) is 5.40. The van der Waals surface area contributed by atoms with E-state index in [2.05, 4.69) is 20.3 Å². The van der Waals surface area contributed by atoms with Gasteiger partial charge in [0.25, 0.3) is 5.91 Å². The highest BCUT2D eigenvalue weighted by atomic mass is 16.3. The zero-order valence-electron chi connectivity index (χ0n) is 16.6. The van der Waals surface area contributed by atoms with Gasteiger partial charge in [-0.1, -0.05) is 18.2 Å². The summed E-state index contributed by atoms with van der Waals surface area (Å²) in [6.45, 7) is 4.82. The summed E-state index contributed by atoms with van der Waals surface area (Å²) in [4.78, 5) is 27.3. The normalized spacial score (nSPS) is 19.1. The number of pyridine rings is 1. The minimum atomic E-state index is -0.561. The van der Waals surface area contributed by atoms with Gasteiger partial charge in [-0.05, 0) is 38.0 Å². The number of carbonyl (C=O) groups excluding carboxylic acids is 1. The van der Waals surface area contributed by atoms with Gasteiger partial charge < -0.3 is 15.3 Å². The highest BCUT2D eigenvalue weighted by Gasteiger charge is 2.34. The van der Waals surface area contributed by atoms with Crippen LogP contribution in [0.25, 0.3) is 10.9 Å². The number of anilines is 1. The fourth-order valence-electron chi connectivity index (χ4n) is 3.79. The van der Waals surface area contributed by atoms with Crippen molar-refractivity contribution in [2.75, 3.05) is 18.4 Å². The number of para-hydroxylation sites is 1. The van der Waals surface area contributed by atoms with E-state index in [9.17, 15) is 9.90 Å². The summed E-state index contributed by atoms with van der Waals surface area (Å²) in [6.07, 6.45) is 5.01. The number of fused-ring (bicyclic) bond motifs is 1. The molecule has 2 atom stereocenters. The molecule has 4 rings (SSSR count). The average Bonchev–Trinajstić information content (AvgIpc) is 3.08. The molecule has 2 N–H and O–H groups in total. The van der Waals surface area contributed by atoms with Crippen molar-refractivity contribution in [3.63, 3.8) is 0 Å². The maximum atomic E-state index is 12.8. The van der Waals surface area contributed by atoms with Crippen molar-refractivity contribution in [2.45, 2.75) is 32.4 Å². The average molecular weight is 391 g/mol. The molecule has 0 saturated carbocycles. The van der Waals surface area contributed by atoms with Crippen molar-refractivity contribution in [1.82, 2.24) is 19.9 Å². The van der Waals surface area contributed by atoms with Crippen molar-refractivity contribution in [1.29, 1.82) is 0 Å². The first kappa shape index (κ1) is 19.3. The molecule has 2 unspecified atom stereocenters. The van der Waals surface area contributed by atoms with Crippen LogP contribution in [0.5, 0.6) is 0 Å². The molecule has 3 heterocycles. The van der Waals surface area contributed by atoms with E-state index >= 15 is 0 Å². The molecule has 2 aromatic heterocycles. The van der Waals surface area contributed by atoms with E-state index < -0.39 is 6.10 Å². The molecule has 1 aromatic carbocycles. The lowest BCUT2D eigenvalue weighted by atomic mass is 9.94. The maximum Gasteiger partial charge on any atom is 0.257 e. The number of nitrogens with one attached hydrogen (secondary N) is 1. The van der Waals surface area contributed by atoms with Gasteiger partial charge in [0.15, 0.2) is 0 Å². The van der Waals surface area contributed by atoms with Crippen LogP contribution < -0.4 is 5.32 Å². The second kappa shape index (κ2) is 8.13. The first-order valence-corrected chi connectivity index (χ1v) is 9.90. The third-order valence-corrected chi connectivity index (χ3v) is 5.23. The molecule has 0 bridgehead atoms. The van der Waals surface area contributed by atoms with Crippen molar-refractivity contribution < 1.29 is 9.90 Å². The molecule has 1 aliphatic rings. The first-order valence-electron chi connectivity index (χ1n) is 9.90. The van der Waals surface area contributed by atoms with Crippen LogP contribution in [0.15, 0.2) is 48.9 Å². The zero-order valence-corrected chi connectivity index (χ0v) is 16.6. The number of aliphatic hydroxyl groups excluding tert-OH is 1. The van der Waals surface area contributed by atoms with Gasteiger partial charge in [-0.15, -0.1) is 0 Å². The van der Waals surface area contributed by atoms with Gasteiger partial charge in [-0.25, -0.2) is 9.97 Å². The number of benzene rings is 1. The minimum absolute atomic E-state index is 0.0208. The Bertz CT molecular complexity index is 1000. The molecule has 29 heavy (non-hydrogen) atoms. The topological polar surface area (TPSA) is 91.2 Å². The lowest BCUT2D eigenvalue weighted by molar-refractivity contribution is 0.0764. The van der Waals surface area contributed by atoms with Crippen molar-refractivity contribution in [3.8, 4) is 0 Å². The van der Waals surface area contributed by atoms with Crippen LogP contribution in [-0.2, 0) is 6.42 Å². The van der Waals surface area contributed by atoms with E-state index in [1.54, 1.807) is 11.1 Å². The second-order valence-electron chi connectivity index (χ2n) is 7.82.